The van der Waals surface area contributed by atoms with E-state index in [2.05, 4.69) is 31.2 Å². The van der Waals surface area contributed by atoms with Crippen LogP contribution in [0.2, 0.25) is 5.02 Å². The number of nitrogens with zero attached hydrogens (tertiary/aromatic N) is 2. The molecule has 7 heteroatoms. The summed E-state index contributed by atoms with van der Waals surface area (Å²) in [6.45, 7) is 0. The fourth-order valence-electron chi connectivity index (χ4n) is 1.80. The Morgan fingerprint density at radius 3 is 2.77 bits per heavy atom. The van der Waals surface area contributed by atoms with Gasteiger partial charge in [-0.1, -0.05) is 29.8 Å². The Morgan fingerprint density at radius 1 is 1.23 bits per heavy atom. The molecule has 0 fully saturated rings. The molecule has 0 radical (unpaired) electrons. The monoisotopic (exact) mass is 393 g/mol. The Kier molecular flexibility index (Phi) is 4.52. The molecule has 0 saturated carbocycles. The van der Waals surface area contributed by atoms with Gasteiger partial charge in [0, 0.05) is 26.6 Å². The number of carbonyl (C=O) groups excluding carboxylic acids is 1. The molecule has 0 spiro atoms. The van der Waals surface area contributed by atoms with Gasteiger partial charge in [0.05, 0.1) is 5.69 Å². The van der Waals surface area contributed by atoms with Gasteiger partial charge in [-0.2, -0.15) is 0 Å². The summed E-state index contributed by atoms with van der Waals surface area (Å²) in [6, 6.07) is 10.9. The lowest BCUT2D eigenvalue weighted by atomic mass is 10.2. The highest BCUT2D eigenvalue weighted by Gasteiger charge is 2.12. The van der Waals surface area contributed by atoms with Crippen molar-refractivity contribution in [2.45, 2.75) is 0 Å². The quantitative estimate of drug-likeness (QED) is 0.689. The van der Waals surface area contributed by atoms with E-state index in [0.717, 1.165) is 15.7 Å². The molecule has 0 aliphatic rings. The van der Waals surface area contributed by atoms with Gasteiger partial charge in [0.1, 0.15) is 5.69 Å². The molecule has 0 aliphatic heterocycles. The van der Waals surface area contributed by atoms with Crippen LogP contribution < -0.4 is 5.32 Å². The highest BCUT2D eigenvalue weighted by atomic mass is 79.9. The van der Waals surface area contributed by atoms with E-state index in [1.807, 2.05) is 23.6 Å². The molecule has 1 amide bonds. The fourth-order valence-corrected chi connectivity index (χ4v) is 2.97. The van der Waals surface area contributed by atoms with Crippen molar-refractivity contribution < 1.29 is 4.79 Å². The molecule has 0 saturated heterocycles. The van der Waals surface area contributed by atoms with E-state index in [1.54, 1.807) is 24.4 Å². The molecule has 1 N–H and O–H groups in total. The maximum absolute atomic E-state index is 12.1. The number of halogens is 2. The summed E-state index contributed by atoms with van der Waals surface area (Å²) in [4.78, 5) is 20.5. The molecule has 0 unspecified atom stereocenters. The van der Waals surface area contributed by atoms with Gasteiger partial charge in [0.2, 0.25) is 0 Å². The second kappa shape index (κ2) is 6.56. The normalized spacial score (nSPS) is 10.5. The minimum atomic E-state index is -0.299. The summed E-state index contributed by atoms with van der Waals surface area (Å²) in [5.41, 5.74) is 1.90. The number of anilines is 1. The second-order valence-electron chi connectivity index (χ2n) is 4.33. The first-order valence-electron chi connectivity index (χ1n) is 6.27. The number of thiazole rings is 1. The number of pyridine rings is 1. The van der Waals surface area contributed by atoms with Crippen LogP contribution in [0.4, 0.5) is 5.13 Å². The van der Waals surface area contributed by atoms with Crippen molar-refractivity contribution in [1.82, 2.24) is 9.97 Å². The van der Waals surface area contributed by atoms with E-state index < -0.39 is 0 Å². The van der Waals surface area contributed by atoms with Crippen LogP contribution in [0.3, 0.4) is 0 Å². The number of nitrogens with one attached hydrogen (secondary N) is 1. The van der Waals surface area contributed by atoms with Gasteiger partial charge in [0.15, 0.2) is 5.13 Å². The molecule has 3 rings (SSSR count). The Morgan fingerprint density at radius 2 is 2.05 bits per heavy atom. The van der Waals surface area contributed by atoms with Crippen LogP contribution in [0, 0.1) is 0 Å². The van der Waals surface area contributed by atoms with Gasteiger partial charge in [-0.15, -0.1) is 11.3 Å². The molecule has 2 heterocycles. The molecule has 110 valence electrons. The minimum Gasteiger partial charge on any atom is -0.296 e. The van der Waals surface area contributed by atoms with E-state index in [-0.39, 0.29) is 5.91 Å². The lowest BCUT2D eigenvalue weighted by Crippen LogP contribution is -2.13. The zero-order chi connectivity index (χ0) is 15.5. The first kappa shape index (κ1) is 15.1. The topological polar surface area (TPSA) is 54.9 Å². The van der Waals surface area contributed by atoms with Crippen molar-refractivity contribution in [1.29, 1.82) is 0 Å². The van der Waals surface area contributed by atoms with Crippen LogP contribution in [0.5, 0.6) is 0 Å². The summed E-state index contributed by atoms with van der Waals surface area (Å²) in [5.74, 6) is -0.299. The predicted molar refractivity (Wildman–Crippen MR) is 92.5 cm³/mol. The van der Waals surface area contributed by atoms with E-state index in [1.165, 1.54) is 11.3 Å². The molecular formula is C15H9BrClN3OS. The lowest BCUT2D eigenvalue weighted by Gasteiger charge is -2.01. The number of rotatable bonds is 3. The largest absolute Gasteiger partial charge is 0.296 e. The summed E-state index contributed by atoms with van der Waals surface area (Å²) in [6.07, 6.45) is 1.58. The van der Waals surface area contributed by atoms with Crippen molar-refractivity contribution in [3.05, 3.63) is 63.2 Å². The SMILES string of the molecule is O=C(Nc1nc(-c2ccccc2Cl)cs1)c1ccc(Br)cn1. The van der Waals surface area contributed by atoms with Crippen molar-refractivity contribution in [3.8, 4) is 11.3 Å². The van der Waals surface area contributed by atoms with E-state index in [4.69, 9.17) is 11.6 Å². The molecule has 2 aromatic heterocycles. The highest BCUT2D eigenvalue weighted by Crippen LogP contribution is 2.30. The predicted octanol–water partition coefficient (Wildman–Crippen LogP) is 4.87. The number of benzene rings is 1. The van der Waals surface area contributed by atoms with Gasteiger partial charge < -0.3 is 0 Å². The average molecular weight is 395 g/mol. The van der Waals surface area contributed by atoms with Gasteiger partial charge >= 0.3 is 0 Å². The van der Waals surface area contributed by atoms with Gasteiger partial charge in [-0.25, -0.2) is 9.97 Å². The number of hydrogen-bond donors (Lipinski definition) is 1. The van der Waals surface area contributed by atoms with E-state index >= 15 is 0 Å². The molecule has 3 aromatic rings. The lowest BCUT2D eigenvalue weighted by molar-refractivity contribution is 0.102. The Labute approximate surface area is 144 Å². The minimum absolute atomic E-state index is 0.299. The van der Waals surface area contributed by atoms with Crippen LogP contribution in [-0.2, 0) is 0 Å². The van der Waals surface area contributed by atoms with Crippen LogP contribution in [0.25, 0.3) is 11.3 Å². The first-order valence-corrected chi connectivity index (χ1v) is 8.32. The van der Waals surface area contributed by atoms with E-state index in [9.17, 15) is 4.79 Å². The Balaban J connectivity index is 1.78. The van der Waals surface area contributed by atoms with Gasteiger partial charge in [-0.05, 0) is 34.1 Å². The summed E-state index contributed by atoms with van der Waals surface area (Å²) in [7, 11) is 0. The molecule has 0 bridgehead atoms. The zero-order valence-electron chi connectivity index (χ0n) is 11.1. The molecule has 22 heavy (non-hydrogen) atoms. The summed E-state index contributed by atoms with van der Waals surface area (Å²) >= 11 is 10.8. The Bertz CT molecular complexity index is 820. The first-order chi connectivity index (χ1) is 10.6. The van der Waals surface area contributed by atoms with Crippen molar-refractivity contribution in [3.63, 3.8) is 0 Å². The van der Waals surface area contributed by atoms with E-state index in [0.29, 0.717) is 15.8 Å². The standard InChI is InChI=1S/C15H9BrClN3OS/c16-9-5-6-12(18-7-9)14(21)20-15-19-13(8-22-15)10-3-1-2-4-11(10)17/h1-8H,(H,19,20,21). The van der Waals surface area contributed by atoms with Crippen LogP contribution >= 0.6 is 38.9 Å². The smallest absolute Gasteiger partial charge is 0.276 e. The third-order valence-corrected chi connectivity index (χ3v) is 4.39. The Hall–Kier alpha value is -1.76. The summed E-state index contributed by atoms with van der Waals surface area (Å²) < 4.78 is 0.819. The van der Waals surface area contributed by atoms with Crippen LogP contribution in [-0.4, -0.2) is 15.9 Å². The average Bonchev–Trinajstić information content (AvgIpc) is 2.96. The fraction of sp³-hybridized carbons (Fsp3) is 0. The zero-order valence-corrected chi connectivity index (χ0v) is 14.2. The van der Waals surface area contributed by atoms with Gasteiger partial charge in [-0.3, -0.25) is 10.1 Å². The molecule has 0 aliphatic carbocycles. The third-order valence-electron chi connectivity index (χ3n) is 2.83. The maximum Gasteiger partial charge on any atom is 0.276 e. The summed E-state index contributed by atoms with van der Waals surface area (Å²) in [5, 5.41) is 5.72. The number of amides is 1. The third kappa shape index (κ3) is 3.35. The molecule has 1 aromatic carbocycles. The van der Waals surface area contributed by atoms with Crippen LogP contribution in [0.15, 0.2) is 52.4 Å². The molecule has 0 atom stereocenters. The van der Waals surface area contributed by atoms with Crippen molar-refractivity contribution in [2.75, 3.05) is 5.32 Å². The van der Waals surface area contributed by atoms with Crippen molar-refractivity contribution >= 4 is 49.9 Å². The van der Waals surface area contributed by atoms with Gasteiger partial charge in [0.25, 0.3) is 5.91 Å². The second-order valence-corrected chi connectivity index (χ2v) is 6.51. The number of aromatic nitrogens is 2. The number of carbonyl (C=O) groups is 1. The molecular weight excluding hydrogens is 386 g/mol. The number of hydrogen-bond acceptors (Lipinski definition) is 4. The van der Waals surface area contributed by atoms with Crippen molar-refractivity contribution in [2.24, 2.45) is 0 Å². The van der Waals surface area contributed by atoms with Crippen LogP contribution in [0.1, 0.15) is 10.5 Å². The molecule has 4 nitrogen and oxygen atoms in total. The highest BCUT2D eigenvalue weighted by molar-refractivity contribution is 9.10. The maximum atomic E-state index is 12.1.